The zero-order chi connectivity index (χ0) is 13.4. The normalized spacial score (nSPS) is 23.9. The summed E-state index contributed by atoms with van der Waals surface area (Å²) >= 11 is 0. The number of hydrogen-bond acceptors (Lipinski definition) is 5. The average molecular weight is 256 g/mol. The summed E-state index contributed by atoms with van der Waals surface area (Å²) in [6.45, 7) is 3.96. The van der Waals surface area contributed by atoms with Gasteiger partial charge in [0.1, 0.15) is 0 Å². The van der Waals surface area contributed by atoms with Gasteiger partial charge in [-0.2, -0.15) is 0 Å². The molecule has 0 aliphatic heterocycles. The van der Waals surface area contributed by atoms with E-state index in [0.29, 0.717) is 25.7 Å². The summed E-state index contributed by atoms with van der Waals surface area (Å²) in [5.74, 6) is -0.953. The molecule has 0 atom stereocenters. The summed E-state index contributed by atoms with van der Waals surface area (Å²) in [7, 11) is 0. The van der Waals surface area contributed by atoms with Gasteiger partial charge in [-0.1, -0.05) is 0 Å². The average Bonchev–Trinajstić information content (AvgIpc) is 2.21. The Bertz CT molecular complexity index is 328. The SMILES string of the molecule is CCOC(=O)C1(C(=O)OCC)CC2(CC(O)C2)C1. The molecule has 1 N–H and O–H groups in total. The third kappa shape index (κ3) is 1.90. The highest BCUT2D eigenvalue weighted by atomic mass is 16.6. The molecule has 0 saturated heterocycles. The molecule has 2 aliphatic rings. The van der Waals surface area contributed by atoms with E-state index in [9.17, 15) is 14.7 Å². The van der Waals surface area contributed by atoms with Crippen LogP contribution in [-0.4, -0.2) is 36.4 Å². The van der Waals surface area contributed by atoms with Crippen LogP contribution in [0.3, 0.4) is 0 Å². The topological polar surface area (TPSA) is 72.8 Å². The van der Waals surface area contributed by atoms with Crippen molar-refractivity contribution in [2.45, 2.75) is 45.6 Å². The molecule has 0 heterocycles. The van der Waals surface area contributed by atoms with E-state index in [2.05, 4.69) is 0 Å². The number of ether oxygens (including phenoxy) is 2. The third-order valence-corrected chi connectivity index (χ3v) is 4.02. The van der Waals surface area contributed by atoms with E-state index in [4.69, 9.17) is 9.47 Å². The van der Waals surface area contributed by atoms with Crippen molar-refractivity contribution < 1.29 is 24.2 Å². The first-order valence-corrected chi connectivity index (χ1v) is 6.50. The number of carbonyl (C=O) groups is 2. The molecule has 0 radical (unpaired) electrons. The maximum Gasteiger partial charge on any atom is 0.323 e. The van der Waals surface area contributed by atoms with Gasteiger partial charge in [-0.3, -0.25) is 9.59 Å². The zero-order valence-corrected chi connectivity index (χ0v) is 10.9. The molecule has 1 spiro atoms. The first kappa shape index (κ1) is 13.3. The molecule has 0 unspecified atom stereocenters. The number of esters is 2. The van der Waals surface area contributed by atoms with Crippen molar-refractivity contribution >= 4 is 11.9 Å². The fraction of sp³-hybridized carbons (Fsp3) is 0.846. The van der Waals surface area contributed by atoms with Crippen LogP contribution in [0, 0.1) is 10.8 Å². The number of rotatable bonds is 4. The summed E-state index contributed by atoms with van der Waals surface area (Å²) < 4.78 is 10.0. The Morgan fingerprint density at radius 2 is 1.56 bits per heavy atom. The number of hydrogen-bond donors (Lipinski definition) is 1. The van der Waals surface area contributed by atoms with Crippen molar-refractivity contribution in [2.75, 3.05) is 13.2 Å². The van der Waals surface area contributed by atoms with Crippen LogP contribution >= 0.6 is 0 Å². The van der Waals surface area contributed by atoms with Gasteiger partial charge in [-0.15, -0.1) is 0 Å². The Labute approximate surface area is 106 Å². The molecule has 2 fully saturated rings. The molecule has 18 heavy (non-hydrogen) atoms. The minimum Gasteiger partial charge on any atom is -0.465 e. The third-order valence-electron chi connectivity index (χ3n) is 4.02. The Kier molecular flexibility index (Phi) is 3.36. The smallest absolute Gasteiger partial charge is 0.323 e. The number of aliphatic hydroxyl groups excluding tert-OH is 1. The van der Waals surface area contributed by atoms with Crippen LogP contribution in [0.25, 0.3) is 0 Å². The van der Waals surface area contributed by atoms with Crippen LogP contribution < -0.4 is 0 Å². The molecular weight excluding hydrogens is 236 g/mol. The molecule has 0 aromatic rings. The molecule has 102 valence electrons. The lowest BCUT2D eigenvalue weighted by atomic mass is 9.44. The fourth-order valence-corrected chi connectivity index (χ4v) is 3.37. The van der Waals surface area contributed by atoms with Gasteiger partial charge in [0, 0.05) is 0 Å². The van der Waals surface area contributed by atoms with E-state index in [1.165, 1.54) is 0 Å². The molecule has 0 bridgehead atoms. The second kappa shape index (κ2) is 4.53. The Morgan fingerprint density at radius 1 is 1.11 bits per heavy atom. The van der Waals surface area contributed by atoms with E-state index in [1.807, 2.05) is 0 Å². The van der Waals surface area contributed by atoms with Gasteiger partial charge in [0.15, 0.2) is 5.41 Å². The number of aliphatic hydroxyl groups is 1. The zero-order valence-electron chi connectivity index (χ0n) is 10.9. The van der Waals surface area contributed by atoms with E-state index in [-0.39, 0.29) is 24.7 Å². The molecule has 0 amide bonds. The molecule has 5 nitrogen and oxygen atoms in total. The summed E-state index contributed by atoms with van der Waals surface area (Å²) in [6.07, 6.45) is 1.97. The minimum absolute atomic E-state index is 0.0427. The Balaban J connectivity index is 2.07. The van der Waals surface area contributed by atoms with Crippen molar-refractivity contribution in [2.24, 2.45) is 10.8 Å². The monoisotopic (exact) mass is 256 g/mol. The molecule has 0 aromatic heterocycles. The van der Waals surface area contributed by atoms with E-state index >= 15 is 0 Å². The molecule has 5 heteroatoms. The summed E-state index contributed by atoms with van der Waals surface area (Å²) in [5.41, 5.74) is -1.16. The van der Waals surface area contributed by atoms with Gasteiger partial charge in [0.2, 0.25) is 0 Å². The number of carbonyl (C=O) groups excluding carboxylic acids is 2. The van der Waals surface area contributed by atoms with E-state index in [1.54, 1.807) is 13.8 Å². The first-order valence-electron chi connectivity index (χ1n) is 6.50. The predicted molar refractivity (Wildman–Crippen MR) is 62.6 cm³/mol. The molecule has 0 aromatic carbocycles. The van der Waals surface area contributed by atoms with Crippen molar-refractivity contribution in [3.05, 3.63) is 0 Å². The fourth-order valence-electron chi connectivity index (χ4n) is 3.37. The van der Waals surface area contributed by atoms with Crippen LogP contribution in [0.15, 0.2) is 0 Å². The summed E-state index contributed by atoms with van der Waals surface area (Å²) in [4.78, 5) is 24.0. The molecule has 2 aliphatic carbocycles. The van der Waals surface area contributed by atoms with Crippen molar-refractivity contribution in [3.8, 4) is 0 Å². The summed E-state index contributed by atoms with van der Waals surface area (Å²) in [6, 6.07) is 0. The first-order chi connectivity index (χ1) is 8.48. The Hall–Kier alpha value is -1.10. The van der Waals surface area contributed by atoms with Crippen molar-refractivity contribution in [1.29, 1.82) is 0 Å². The van der Waals surface area contributed by atoms with E-state index < -0.39 is 17.4 Å². The highest BCUT2D eigenvalue weighted by Gasteiger charge is 2.68. The second-order valence-electron chi connectivity index (χ2n) is 5.44. The summed E-state index contributed by atoms with van der Waals surface area (Å²) in [5, 5.41) is 9.37. The maximum absolute atomic E-state index is 12.0. The largest absolute Gasteiger partial charge is 0.465 e. The standard InChI is InChI=1S/C13H20O5/c1-3-17-10(15)13(11(16)18-4-2)7-12(8-13)5-9(14)6-12/h9,14H,3-8H2,1-2H3. The van der Waals surface area contributed by atoms with Crippen molar-refractivity contribution in [3.63, 3.8) is 0 Å². The lowest BCUT2D eigenvalue weighted by molar-refractivity contribution is -0.208. The van der Waals surface area contributed by atoms with Gasteiger partial charge in [0.05, 0.1) is 19.3 Å². The van der Waals surface area contributed by atoms with Crippen LogP contribution in [0.4, 0.5) is 0 Å². The van der Waals surface area contributed by atoms with Crippen LogP contribution in [0.5, 0.6) is 0 Å². The predicted octanol–water partition coefficient (Wildman–Crippen LogP) is 1.03. The highest BCUT2D eigenvalue weighted by molar-refractivity contribution is 6.01. The second-order valence-corrected chi connectivity index (χ2v) is 5.44. The lowest BCUT2D eigenvalue weighted by Gasteiger charge is -2.59. The minimum atomic E-state index is -1.12. The lowest BCUT2D eigenvalue weighted by Crippen LogP contribution is -2.62. The molecular formula is C13H20O5. The highest BCUT2D eigenvalue weighted by Crippen LogP contribution is 2.65. The van der Waals surface area contributed by atoms with Gasteiger partial charge < -0.3 is 14.6 Å². The van der Waals surface area contributed by atoms with Crippen molar-refractivity contribution in [1.82, 2.24) is 0 Å². The van der Waals surface area contributed by atoms with Crippen LogP contribution in [0.1, 0.15) is 39.5 Å². The maximum atomic E-state index is 12.0. The Morgan fingerprint density at radius 3 is 1.89 bits per heavy atom. The van der Waals surface area contributed by atoms with Crippen LogP contribution in [-0.2, 0) is 19.1 Å². The van der Waals surface area contributed by atoms with Gasteiger partial charge >= 0.3 is 11.9 Å². The quantitative estimate of drug-likeness (QED) is 0.601. The van der Waals surface area contributed by atoms with E-state index in [0.717, 1.165) is 0 Å². The van der Waals surface area contributed by atoms with Gasteiger partial charge in [-0.05, 0) is 44.9 Å². The van der Waals surface area contributed by atoms with Crippen LogP contribution in [0.2, 0.25) is 0 Å². The van der Waals surface area contributed by atoms with Gasteiger partial charge in [0.25, 0.3) is 0 Å². The van der Waals surface area contributed by atoms with Gasteiger partial charge in [-0.25, -0.2) is 0 Å². The molecule has 2 rings (SSSR count). The molecule has 2 saturated carbocycles.